The number of hydrogen-bond donors (Lipinski definition) is 2. The molecule has 1 atom stereocenters. The maximum atomic E-state index is 10.1. The number of hydrogen-bond acceptors (Lipinski definition) is 9. The summed E-state index contributed by atoms with van der Waals surface area (Å²) < 4.78 is 16.7. The monoisotopic (exact) mass is 509 g/mol. The number of ether oxygens (including phenoxy) is 3. The summed E-state index contributed by atoms with van der Waals surface area (Å²) in [5, 5.41) is 10.8. The number of nitrogens with one attached hydrogen (secondary N) is 1. The second-order valence-electron chi connectivity index (χ2n) is 9.72. The van der Waals surface area contributed by atoms with Crippen molar-refractivity contribution in [2.24, 2.45) is 0 Å². The molecule has 2 aliphatic heterocycles. The molecule has 3 aliphatic rings. The maximum absolute atomic E-state index is 10.1. The van der Waals surface area contributed by atoms with Crippen molar-refractivity contribution in [3.63, 3.8) is 0 Å². The van der Waals surface area contributed by atoms with Crippen LogP contribution in [0.2, 0.25) is 0 Å². The largest absolute Gasteiger partial charge is 0.496 e. The van der Waals surface area contributed by atoms with E-state index < -0.39 is 0 Å². The first-order chi connectivity index (χ1) is 17.6. The molecule has 6 rings (SSSR count). The van der Waals surface area contributed by atoms with Gasteiger partial charge in [-0.05, 0) is 49.4 Å². The number of aliphatic hydroxyl groups excluding tert-OH is 1. The van der Waals surface area contributed by atoms with E-state index in [2.05, 4.69) is 33.6 Å². The molecular formula is C27H31N3O5S. The fraction of sp³-hybridized carbons (Fsp3) is 0.444. The van der Waals surface area contributed by atoms with Crippen LogP contribution in [0.1, 0.15) is 47.7 Å². The number of rotatable bonds is 9. The van der Waals surface area contributed by atoms with Crippen molar-refractivity contribution in [3.8, 4) is 17.2 Å². The number of piperidine rings is 1. The van der Waals surface area contributed by atoms with Gasteiger partial charge in [0.15, 0.2) is 11.5 Å². The van der Waals surface area contributed by atoms with Gasteiger partial charge in [-0.2, -0.15) is 0 Å². The number of anilines is 1. The Morgan fingerprint density at radius 3 is 2.78 bits per heavy atom. The zero-order valence-corrected chi connectivity index (χ0v) is 21.1. The van der Waals surface area contributed by atoms with Crippen LogP contribution in [0, 0.1) is 0 Å². The first kappa shape index (κ1) is 23.5. The van der Waals surface area contributed by atoms with Gasteiger partial charge in [-0.1, -0.05) is 35.6 Å². The molecule has 190 valence electrons. The Morgan fingerprint density at radius 1 is 1.17 bits per heavy atom. The molecule has 1 aromatic heterocycles. The van der Waals surface area contributed by atoms with Gasteiger partial charge in [0.1, 0.15) is 5.75 Å². The molecule has 0 amide bonds. The van der Waals surface area contributed by atoms with Crippen LogP contribution in [-0.2, 0) is 10.3 Å². The van der Waals surface area contributed by atoms with E-state index in [-0.39, 0.29) is 24.4 Å². The minimum Gasteiger partial charge on any atom is -0.496 e. The highest BCUT2D eigenvalue weighted by atomic mass is 32.1. The van der Waals surface area contributed by atoms with Crippen molar-refractivity contribution in [3.05, 3.63) is 64.7 Å². The Balaban J connectivity index is 1.16. The van der Waals surface area contributed by atoms with Crippen LogP contribution in [0.3, 0.4) is 0 Å². The number of aromatic nitrogens is 1. The van der Waals surface area contributed by atoms with E-state index in [1.54, 1.807) is 18.4 Å². The van der Waals surface area contributed by atoms with Crippen molar-refractivity contribution in [2.75, 3.05) is 39.1 Å². The number of aliphatic hydroxyl groups is 1. The molecule has 36 heavy (non-hydrogen) atoms. The van der Waals surface area contributed by atoms with Gasteiger partial charge in [0.25, 0.3) is 0 Å². The second-order valence-corrected chi connectivity index (χ2v) is 10.8. The van der Waals surface area contributed by atoms with E-state index in [1.807, 2.05) is 30.5 Å². The third-order valence-electron chi connectivity index (χ3n) is 7.44. The minimum atomic E-state index is -0.230. The number of likely N-dealkylation sites (tertiary alicyclic amines) is 1. The Hall–Kier alpha value is -2.85. The molecule has 0 spiro atoms. The predicted molar refractivity (Wildman–Crippen MR) is 137 cm³/mol. The molecule has 3 heterocycles. The SMILES string of the molecule is COc1ccccc1C(c1cnc(NOCC2(c3ccc4c(c3)OCO4)CC2)s1)N1CCC(O)CC1. The highest BCUT2D eigenvalue weighted by molar-refractivity contribution is 7.15. The Labute approximate surface area is 214 Å². The number of methoxy groups -OCH3 is 1. The molecule has 0 radical (unpaired) electrons. The third-order valence-corrected chi connectivity index (χ3v) is 8.38. The van der Waals surface area contributed by atoms with Crippen molar-refractivity contribution in [1.29, 1.82) is 0 Å². The summed E-state index contributed by atoms with van der Waals surface area (Å²) in [6.45, 7) is 2.48. The zero-order valence-electron chi connectivity index (χ0n) is 20.3. The number of benzene rings is 2. The molecule has 8 nitrogen and oxygen atoms in total. The average molecular weight is 510 g/mol. The first-order valence-corrected chi connectivity index (χ1v) is 13.3. The fourth-order valence-corrected chi connectivity index (χ4v) is 6.08. The van der Waals surface area contributed by atoms with E-state index in [4.69, 9.17) is 19.0 Å². The van der Waals surface area contributed by atoms with E-state index in [0.29, 0.717) is 6.61 Å². The summed E-state index contributed by atoms with van der Waals surface area (Å²) in [6.07, 6.45) is 5.37. The van der Waals surface area contributed by atoms with E-state index in [0.717, 1.165) is 71.6 Å². The summed E-state index contributed by atoms with van der Waals surface area (Å²) in [7, 11) is 1.71. The van der Waals surface area contributed by atoms with Crippen molar-refractivity contribution in [1.82, 2.24) is 9.88 Å². The normalized spacial score (nSPS) is 19.7. The van der Waals surface area contributed by atoms with Gasteiger partial charge < -0.3 is 19.3 Å². The lowest BCUT2D eigenvalue weighted by atomic mass is 9.97. The molecule has 2 N–H and O–H groups in total. The standard InChI is InChI=1S/C27H31N3O5S/c1-32-21-5-3-2-4-20(21)25(30-12-8-19(31)9-13-30)24-15-28-26(36-24)29-35-16-27(10-11-27)18-6-7-22-23(14-18)34-17-33-22/h2-7,14-15,19,25,31H,8-13,16-17H2,1H3,(H,28,29). The molecule has 2 fully saturated rings. The quantitative estimate of drug-likeness (QED) is 0.408. The van der Waals surface area contributed by atoms with Crippen LogP contribution in [0.5, 0.6) is 17.2 Å². The highest BCUT2D eigenvalue weighted by Crippen LogP contribution is 2.50. The summed E-state index contributed by atoms with van der Waals surface area (Å²) >= 11 is 1.59. The van der Waals surface area contributed by atoms with Gasteiger partial charge in [-0.25, -0.2) is 10.5 Å². The lowest BCUT2D eigenvalue weighted by Crippen LogP contribution is -2.38. The smallest absolute Gasteiger partial charge is 0.231 e. The molecule has 1 aliphatic carbocycles. The van der Waals surface area contributed by atoms with Crippen LogP contribution in [0.4, 0.5) is 5.13 Å². The fourth-order valence-electron chi connectivity index (χ4n) is 5.16. The van der Waals surface area contributed by atoms with Crippen LogP contribution in [0.15, 0.2) is 48.7 Å². The molecule has 9 heteroatoms. The van der Waals surface area contributed by atoms with Gasteiger partial charge in [-0.3, -0.25) is 9.74 Å². The van der Waals surface area contributed by atoms with Crippen molar-refractivity contribution in [2.45, 2.75) is 43.2 Å². The first-order valence-electron chi connectivity index (χ1n) is 12.4. The van der Waals surface area contributed by atoms with Crippen LogP contribution in [0.25, 0.3) is 0 Å². The lowest BCUT2D eigenvalue weighted by molar-refractivity contribution is 0.0689. The Kier molecular flexibility index (Phi) is 6.47. The van der Waals surface area contributed by atoms with Crippen molar-refractivity contribution >= 4 is 16.5 Å². The molecular weight excluding hydrogens is 478 g/mol. The molecule has 0 bridgehead atoms. The van der Waals surface area contributed by atoms with Gasteiger partial charge >= 0.3 is 0 Å². The van der Waals surface area contributed by atoms with Gasteiger partial charge in [-0.15, -0.1) is 0 Å². The maximum Gasteiger partial charge on any atom is 0.231 e. The van der Waals surface area contributed by atoms with Gasteiger partial charge in [0, 0.05) is 35.1 Å². The topological polar surface area (TPSA) is 85.3 Å². The average Bonchev–Trinajstić information content (AvgIpc) is 3.31. The highest BCUT2D eigenvalue weighted by Gasteiger charge is 2.45. The number of fused-ring (bicyclic) bond motifs is 1. The van der Waals surface area contributed by atoms with E-state index >= 15 is 0 Å². The zero-order chi connectivity index (χ0) is 24.5. The van der Waals surface area contributed by atoms with Gasteiger partial charge in [0.05, 0.1) is 25.9 Å². The summed E-state index contributed by atoms with van der Waals surface area (Å²) in [4.78, 5) is 14.1. The molecule has 1 unspecified atom stereocenters. The van der Waals surface area contributed by atoms with E-state index in [9.17, 15) is 5.11 Å². The van der Waals surface area contributed by atoms with Crippen LogP contribution >= 0.6 is 11.3 Å². The summed E-state index contributed by atoms with van der Waals surface area (Å²) in [5.41, 5.74) is 5.42. The van der Waals surface area contributed by atoms with Gasteiger partial charge in [0.2, 0.25) is 11.9 Å². The number of para-hydroxylation sites is 1. The second kappa shape index (κ2) is 9.89. The van der Waals surface area contributed by atoms with Crippen LogP contribution < -0.4 is 19.7 Å². The van der Waals surface area contributed by atoms with Crippen molar-refractivity contribution < 1.29 is 24.2 Å². The Morgan fingerprint density at radius 2 is 1.97 bits per heavy atom. The molecule has 1 saturated heterocycles. The molecule has 2 aromatic carbocycles. The lowest BCUT2D eigenvalue weighted by Gasteiger charge is -2.36. The number of nitrogens with zero attached hydrogens (tertiary/aromatic N) is 2. The molecule has 1 saturated carbocycles. The number of thiazole rings is 1. The Bertz CT molecular complexity index is 1210. The van der Waals surface area contributed by atoms with Crippen LogP contribution in [-0.4, -0.2) is 54.7 Å². The third kappa shape index (κ3) is 4.64. The molecule has 3 aromatic rings. The predicted octanol–water partition coefficient (Wildman–Crippen LogP) is 4.50. The van der Waals surface area contributed by atoms with E-state index in [1.165, 1.54) is 5.56 Å². The summed E-state index contributed by atoms with van der Waals surface area (Å²) in [5.74, 6) is 2.47. The summed E-state index contributed by atoms with van der Waals surface area (Å²) in [6, 6.07) is 14.3. The minimum absolute atomic E-state index is 0.00262.